The van der Waals surface area contributed by atoms with Crippen molar-refractivity contribution in [3.05, 3.63) is 33.3 Å². The Morgan fingerprint density at radius 3 is 2.95 bits per heavy atom. The first-order valence-electron chi connectivity index (χ1n) is 6.12. The Balaban J connectivity index is 2.33. The standard InChI is InChI=1S/C13H18BrClN2O2/c1-9(5-7-18)17-13(19)16-6-4-10-8-11(15)2-3-12(10)14/h2-3,8-9,18H,4-7H2,1H3,(H2,16,17,19)/t9-/m1/s1. The van der Waals surface area contributed by atoms with Crippen LogP contribution in [0.1, 0.15) is 18.9 Å². The molecule has 0 aliphatic carbocycles. The lowest BCUT2D eigenvalue weighted by Crippen LogP contribution is -2.41. The van der Waals surface area contributed by atoms with E-state index < -0.39 is 0 Å². The van der Waals surface area contributed by atoms with Crippen LogP contribution in [0, 0.1) is 0 Å². The highest BCUT2D eigenvalue weighted by molar-refractivity contribution is 9.10. The second kappa shape index (κ2) is 8.40. The monoisotopic (exact) mass is 348 g/mol. The third-order valence-electron chi connectivity index (χ3n) is 2.63. The van der Waals surface area contributed by atoms with Gasteiger partial charge in [0.2, 0.25) is 0 Å². The van der Waals surface area contributed by atoms with Crippen molar-refractivity contribution >= 4 is 33.6 Å². The molecule has 0 saturated heterocycles. The normalized spacial score (nSPS) is 12.0. The highest BCUT2D eigenvalue weighted by Gasteiger charge is 2.06. The zero-order valence-corrected chi connectivity index (χ0v) is 13.1. The van der Waals surface area contributed by atoms with E-state index in [0.29, 0.717) is 24.4 Å². The van der Waals surface area contributed by atoms with Crippen LogP contribution >= 0.6 is 27.5 Å². The van der Waals surface area contributed by atoms with Crippen LogP contribution < -0.4 is 10.6 Å². The van der Waals surface area contributed by atoms with Crippen molar-refractivity contribution in [1.82, 2.24) is 10.6 Å². The lowest BCUT2D eigenvalue weighted by molar-refractivity contribution is 0.231. The minimum Gasteiger partial charge on any atom is -0.396 e. The highest BCUT2D eigenvalue weighted by Crippen LogP contribution is 2.21. The average Bonchev–Trinajstić information content (AvgIpc) is 2.33. The van der Waals surface area contributed by atoms with Gasteiger partial charge in [-0.05, 0) is 43.5 Å². The minimum absolute atomic E-state index is 0.0390. The van der Waals surface area contributed by atoms with E-state index >= 15 is 0 Å². The molecule has 0 radical (unpaired) electrons. The molecule has 0 heterocycles. The van der Waals surface area contributed by atoms with Gasteiger partial charge in [-0.3, -0.25) is 0 Å². The van der Waals surface area contributed by atoms with Crippen molar-refractivity contribution in [3.8, 4) is 0 Å². The van der Waals surface area contributed by atoms with Crippen molar-refractivity contribution < 1.29 is 9.90 Å². The van der Waals surface area contributed by atoms with E-state index in [-0.39, 0.29) is 18.7 Å². The molecule has 0 saturated carbocycles. The number of urea groups is 1. The summed E-state index contributed by atoms with van der Waals surface area (Å²) < 4.78 is 0.979. The van der Waals surface area contributed by atoms with E-state index in [1.165, 1.54) is 0 Å². The number of carbonyl (C=O) groups is 1. The Morgan fingerprint density at radius 1 is 1.53 bits per heavy atom. The molecule has 3 N–H and O–H groups in total. The molecule has 0 aromatic heterocycles. The van der Waals surface area contributed by atoms with Gasteiger partial charge in [0.1, 0.15) is 0 Å². The van der Waals surface area contributed by atoms with E-state index in [0.717, 1.165) is 10.0 Å². The summed E-state index contributed by atoms with van der Waals surface area (Å²) in [5.74, 6) is 0. The number of rotatable bonds is 6. The maximum Gasteiger partial charge on any atom is 0.315 e. The van der Waals surface area contributed by atoms with Gasteiger partial charge >= 0.3 is 6.03 Å². The average molecular weight is 350 g/mol. The Labute approximate surface area is 126 Å². The molecule has 0 aliphatic rings. The number of amides is 2. The molecule has 1 aromatic rings. The predicted octanol–water partition coefficient (Wildman–Crippen LogP) is 2.72. The number of hydrogen-bond donors (Lipinski definition) is 3. The molecule has 0 fully saturated rings. The topological polar surface area (TPSA) is 61.4 Å². The maximum absolute atomic E-state index is 11.5. The molecule has 1 rings (SSSR count). The number of halogens is 2. The fraction of sp³-hybridized carbons (Fsp3) is 0.462. The van der Waals surface area contributed by atoms with Crippen LogP contribution in [0.4, 0.5) is 4.79 Å². The highest BCUT2D eigenvalue weighted by atomic mass is 79.9. The molecule has 1 aromatic carbocycles. The zero-order chi connectivity index (χ0) is 14.3. The second-order valence-corrected chi connectivity index (χ2v) is 5.59. The molecule has 0 aliphatic heterocycles. The van der Waals surface area contributed by atoms with Crippen LogP contribution in [0.2, 0.25) is 5.02 Å². The molecule has 1 atom stereocenters. The predicted molar refractivity (Wildman–Crippen MR) is 80.6 cm³/mol. The lowest BCUT2D eigenvalue weighted by atomic mass is 10.1. The number of benzene rings is 1. The summed E-state index contributed by atoms with van der Waals surface area (Å²) in [7, 11) is 0. The number of carbonyl (C=O) groups excluding carboxylic acids is 1. The summed E-state index contributed by atoms with van der Waals surface area (Å²) in [5.41, 5.74) is 1.05. The Bertz CT molecular complexity index is 429. The summed E-state index contributed by atoms with van der Waals surface area (Å²) in [6.07, 6.45) is 1.25. The molecule has 4 nitrogen and oxygen atoms in total. The van der Waals surface area contributed by atoms with Gasteiger partial charge in [0.25, 0.3) is 0 Å². The first-order valence-corrected chi connectivity index (χ1v) is 7.29. The maximum atomic E-state index is 11.5. The van der Waals surface area contributed by atoms with Gasteiger partial charge < -0.3 is 15.7 Å². The van der Waals surface area contributed by atoms with Crippen LogP contribution in [0.3, 0.4) is 0 Å². The SMILES string of the molecule is C[C@H](CCO)NC(=O)NCCc1cc(Cl)ccc1Br. The van der Waals surface area contributed by atoms with Gasteiger partial charge in [-0.15, -0.1) is 0 Å². The first kappa shape index (κ1) is 16.3. The van der Waals surface area contributed by atoms with Crippen LogP contribution in [0.15, 0.2) is 22.7 Å². The molecular formula is C13H18BrClN2O2. The number of aliphatic hydroxyl groups excluding tert-OH is 1. The van der Waals surface area contributed by atoms with Gasteiger partial charge in [0.15, 0.2) is 0 Å². The summed E-state index contributed by atoms with van der Waals surface area (Å²) in [6.45, 7) is 2.44. The summed E-state index contributed by atoms with van der Waals surface area (Å²) in [4.78, 5) is 11.5. The van der Waals surface area contributed by atoms with E-state index in [1.807, 2.05) is 25.1 Å². The fourth-order valence-corrected chi connectivity index (χ4v) is 2.23. The van der Waals surface area contributed by atoms with Crippen LogP contribution in [-0.4, -0.2) is 30.3 Å². The van der Waals surface area contributed by atoms with Crippen molar-refractivity contribution in [2.45, 2.75) is 25.8 Å². The Hall–Kier alpha value is -0.780. The number of nitrogens with one attached hydrogen (secondary N) is 2. The number of hydrogen-bond acceptors (Lipinski definition) is 2. The molecule has 0 unspecified atom stereocenters. The van der Waals surface area contributed by atoms with E-state index in [4.69, 9.17) is 16.7 Å². The minimum atomic E-state index is -0.223. The first-order chi connectivity index (χ1) is 9.02. The van der Waals surface area contributed by atoms with E-state index in [2.05, 4.69) is 26.6 Å². The fourth-order valence-electron chi connectivity index (χ4n) is 1.59. The summed E-state index contributed by atoms with van der Waals surface area (Å²) >= 11 is 9.36. The molecular weight excluding hydrogens is 332 g/mol. The molecule has 106 valence electrons. The van der Waals surface area contributed by atoms with Crippen LogP contribution in [-0.2, 0) is 6.42 Å². The van der Waals surface area contributed by atoms with Gasteiger partial charge in [0, 0.05) is 28.7 Å². The summed E-state index contributed by atoms with van der Waals surface area (Å²) in [6, 6.07) is 5.31. The zero-order valence-electron chi connectivity index (χ0n) is 10.7. The molecule has 0 bridgehead atoms. The van der Waals surface area contributed by atoms with E-state index in [1.54, 1.807) is 0 Å². The Kier molecular flexibility index (Phi) is 7.20. The lowest BCUT2D eigenvalue weighted by Gasteiger charge is -2.13. The molecule has 19 heavy (non-hydrogen) atoms. The third kappa shape index (κ3) is 6.27. The van der Waals surface area contributed by atoms with Crippen LogP contribution in [0.5, 0.6) is 0 Å². The second-order valence-electron chi connectivity index (χ2n) is 4.30. The molecule has 6 heteroatoms. The van der Waals surface area contributed by atoms with Crippen molar-refractivity contribution in [3.63, 3.8) is 0 Å². The van der Waals surface area contributed by atoms with Crippen molar-refractivity contribution in [2.75, 3.05) is 13.2 Å². The molecule has 2 amide bonds. The third-order valence-corrected chi connectivity index (χ3v) is 3.64. The van der Waals surface area contributed by atoms with Crippen molar-refractivity contribution in [2.24, 2.45) is 0 Å². The number of aliphatic hydroxyl groups is 1. The Morgan fingerprint density at radius 2 is 2.26 bits per heavy atom. The van der Waals surface area contributed by atoms with Crippen LogP contribution in [0.25, 0.3) is 0 Å². The van der Waals surface area contributed by atoms with E-state index in [9.17, 15) is 4.79 Å². The largest absolute Gasteiger partial charge is 0.396 e. The quantitative estimate of drug-likeness (QED) is 0.739. The van der Waals surface area contributed by atoms with Crippen molar-refractivity contribution in [1.29, 1.82) is 0 Å². The smallest absolute Gasteiger partial charge is 0.315 e. The van der Waals surface area contributed by atoms with Gasteiger partial charge in [-0.2, -0.15) is 0 Å². The summed E-state index contributed by atoms with van der Waals surface area (Å²) in [5, 5.41) is 14.9. The van der Waals surface area contributed by atoms with Gasteiger partial charge in [0.05, 0.1) is 0 Å². The molecule has 0 spiro atoms. The van der Waals surface area contributed by atoms with Gasteiger partial charge in [-0.25, -0.2) is 4.79 Å². The van der Waals surface area contributed by atoms with Gasteiger partial charge in [-0.1, -0.05) is 27.5 Å².